The van der Waals surface area contributed by atoms with Crippen molar-refractivity contribution in [2.75, 3.05) is 0 Å². The Morgan fingerprint density at radius 2 is 1.74 bits per heavy atom. The number of nitrogens with one attached hydrogen (secondary N) is 1. The number of esters is 1. The van der Waals surface area contributed by atoms with Crippen LogP contribution in [0.15, 0.2) is 86.9 Å². The zero-order valence-electron chi connectivity index (χ0n) is 18.9. The first-order chi connectivity index (χ1) is 16.7. The second-order valence-electron chi connectivity index (χ2n) is 7.92. The molecule has 1 aromatic heterocycles. The molecule has 1 N–H and O–H groups in total. The maximum Gasteiger partial charge on any atom is 0.336 e. The highest BCUT2D eigenvalue weighted by atomic mass is 35.5. The van der Waals surface area contributed by atoms with E-state index in [1.54, 1.807) is 48.5 Å². The standard InChI is InChI=1S/C26H22ClNO6S/c1-3-17-13-24(29)33-22-15-23(21(27)14-20(17)22)34-26(30)25(18-7-5-4-6-8-18)28-35(31,32)19-11-9-16(2)10-12-19/h4-15,25,28H,3H2,1-2H3/t25-/m0/s1. The molecular formula is C26H22ClNO6S. The topological polar surface area (TPSA) is 103 Å². The van der Waals surface area contributed by atoms with Gasteiger partial charge in [-0.05, 0) is 42.7 Å². The zero-order chi connectivity index (χ0) is 25.2. The summed E-state index contributed by atoms with van der Waals surface area (Å²) in [6.07, 6.45) is 0.578. The van der Waals surface area contributed by atoms with Crippen molar-refractivity contribution in [1.29, 1.82) is 0 Å². The van der Waals surface area contributed by atoms with E-state index < -0.39 is 27.7 Å². The highest BCUT2D eigenvalue weighted by Gasteiger charge is 2.29. The summed E-state index contributed by atoms with van der Waals surface area (Å²) in [7, 11) is -4.06. The van der Waals surface area contributed by atoms with E-state index in [4.69, 9.17) is 20.8 Å². The SMILES string of the molecule is CCc1cc(=O)oc2cc(OC(=O)[C@@H](NS(=O)(=O)c3ccc(C)cc3)c3ccccc3)c(Cl)cc12. The summed E-state index contributed by atoms with van der Waals surface area (Å²) in [6, 6.07) is 17.5. The van der Waals surface area contributed by atoms with E-state index in [9.17, 15) is 18.0 Å². The molecule has 0 fully saturated rings. The Morgan fingerprint density at radius 1 is 1.06 bits per heavy atom. The molecule has 1 atom stereocenters. The zero-order valence-corrected chi connectivity index (χ0v) is 20.5. The Balaban J connectivity index is 1.70. The number of carbonyl (C=O) groups excluding carboxylic acids is 1. The monoisotopic (exact) mass is 511 g/mol. The molecule has 0 spiro atoms. The van der Waals surface area contributed by atoms with Gasteiger partial charge in [-0.15, -0.1) is 0 Å². The quantitative estimate of drug-likeness (QED) is 0.214. The van der Waals surface area contributed by atoms with Gasteiger partial charge in [-0.25, -0.2) is 18.0 Å². The predicted molar refractivity (Wildman–Crippen MR) is 133 cm³/mol. The summed E-state index contributed by atoms with van der Waals surface area (Å²) >= 11 is 6.37. The third kappa shape index (κ3) is 5.45. The average molecular weight is 512 g/mol. The summed E-state index contributed by atoms with van der Waals surface area (Å²) in [5.41, 5.74) is 1.68. The molecule has 1 heterocycles. The number of halogens is 1. The summed E-state index contributed by atoms with van der Waals surface area (Å²) < 4.78 is 39.3. The van der Waals surface area contributed by atoms with Crippen molar-refractivity contribution < 1.29 is 22.4 Å². The van der Waals surface area contributed by atoms with Gasteiger partial charge in [0.25, 0.3) is 0 Å². The first kappa shape index (κ1) is 24.7. The molecule has 7 nitrogen and oxygen atoms in total. The second kappa shape index (κ2) is 10.0. The van der Waals surface area contributed by atoms with Gasteiger partial charge >= 0.3 is 11.6 Å². The summed E-state index contributed by atoms with van der Waals surface area (Å²) in [5.74, 6) is -0.960. The molecule has 0 radical (unpaired) electrons. The van der Waals surface area contributed by atoms with Crippen molar-refractivity contribution in [2.45, 2.75) is 31.2 Å². The van der Waals surface area contributed by atoms with Crippen LogP contribution < -0.4 is 15.1 Å². The van der Waals surface area contributed by atoms with Gasteiger partial charge in [0.05, 0.1) is 9.92 Å². The van der Waals surface area contributed by atoms with Crippen molar-refractivity contribution in [1.82, 2.24) is 4.72 Å². The molecule has 3 aromatic carbocycles. The van der Waals surface area contributed by atoms with Gasteiger partial charge in [0, 0.05) is 17.5 Å². The maximum absolute atomic E-state index is 13.3. The number of sulfonamides is 1. The Kier molecular flexibility index (Phi) is 7.07. The van der Waals surface area contributed by atoms with E-state index in [2.05, 4.69) is 4.72 Å². The number of carbonyl (C=O) groups is 1. The third-order valence-electron chi connectivity index (χ3n) is 5.45. The van der Waals surface area contributed by atoms with Gasteiger partial charge in [0.15, 0.2) is 5.75 Å². The van der Waals surface area contributed by atoms with Crippen LogP contribution in [0.25, 0.3) is 11.0 Å². The molecule has 0 bridgehead atoms. The van der Waals surface area contributed by atoms with Gasteiger partial charge in [0.1, 0.15) is 11.6 Å². The highest BCUT2D eigenvalue weighted by Crippen LogP contribution is 2.32. The van der Waals surface area contributed by atoms with E-state index in [1.807, 2.05) is 13.8 Å². The summed E-state index contributed by atoms with van der Waals surface area (Å²) in [6.45, 7) is 3.73. The smallest absolute Gasteiger partial charge is 0.336 e. The van der Waals surface area contributed by atoms with E-state index in [-0.39, 0.29) is 21.3 Å². The minimum atomic E-state index is -4.06. The molecule has 4 rings (SSSR count). The van der Waals surface area contributed by atoms with Gasteiger partial charge in [-0.3, -0.25) is 0 Å². The number of hydrogen-bond donors (Lipinski definition) is 1. The van der Waals surface area contributed by atoms with Crippen LogP contribution in [-0.2, 0) is 21.2 Å². The molecule has 0 aliphatic carbocycles. The molecule has 180 valence electrons. The molecule has 0 aliphatic rings. The molecule has 0 aliphatic heterocycles. The largest absolute Gasteiger partial charge is 0.423 e. The molecule has 0 saturated heterocycles. The minimum Gasteiger partial charge on any atom is -0.423 e. The van der Waals surface area contributed by atoms with Gasteiger partial charge < -0.3 is 9.15 Å². The molecule has 0 amide bonds. The van der Waals surface area contributed by atoms with Crippen LogP contribution in [0.1, 0.15) is 29.7 Å². The van der Waals surface area contributed by atoms with Crippen molar-refractivity contribution in [3.05, 3.63) is 105 Å². The first-order valence-electron chi connectivity index (χ1n) is 10.8. The van der Waals surface area contributed by atoms with Gasteiger partial charge in [-0.2, -0.15) is 4.72 Å². The predicted octanol–water partition coefficient (Wildman–Crippen LogP) is 4.94. The number of aryl methyl sites for hydroxylation is 2. The van der Waals surface area contributed by atoms with Gasteiger partial charge in [-0.1, -0.05) is 66.6 Å². The number of rotatable bonds is 7. The van der Waals surface area contributed by atoms with Crippen LogP contribution >= 0.6 is 11.6 Å². The average Bonchev–Trinajstić information content (AvgIpc) is 2.83. The fourth-order valence-electron chi connectivity index (χ4n) is 3.60. The van der Waals surface area contributed by atoms with Crippen molar-refractivity contribution in [3.8, 4) is 5.75 Å². The number of hydrogen-bond acceptors (Lipinski definition) is 6. The number of benzene rings is 3. The lowest BCUT2D eigenvalue weighted by Crippen LogP contribution is -2.36. The lowest BCUT2D eigenvalue weighted by molar-refractivity contribution is -0.136. The Bertz CT molecular complexity index is 1550. The van der Waals surface area contributed by atoms with E-state index >= 15 is 0 Å². The fourth-order valence-corrected chi connectivity index (χ4v) is 4.98. The highest BCUT2D eigenvalue weighted by molar-refractivity contribution is 7.89. The normalized spacial score (nSPS) is 12.4. The molecule has 35 heavy (non-hydrogen) atoms. The van der Waals surface area contributed by atoms with E-state index in [0.29, 0.717) is 17.4 Å². The second-order valence-corrected chi connectivity index (χ2v) is 10.0. The van der Waals surface area contributed by atoms with Crippen LogP contribution in [0.5, 0.6) is 5.75 Å². The van der Waals surface area contributed by atoms with E-state index in [0.717, 1.165) is 11.1 Å². The lowest BCUT2D eigenvalue weighted by Gasteiger charge is -2.19. The number of fused-ring (bicyclic) bond motifs is 1. The maximum atomic E-state index is 13.3. The molecule has 0 saturated carbocycles. The van der Waals surface area contributed by atoms with Crippen LogP contribution in [-0.4, -0.2) is 14.4 Å². The van der Waals surface area contributed by atoms with Crippen molar-refractivity contribution in [3.63, 3.8) is 0 Å². The molecule has 0 unspecified atom stereocenters. The Hall–Kier alpha value is -3.46. The number of ether oxygens (including phenoxy) is 1. The van der Waals surface area contributed by atoms with Crippen LogP contribution in [0.4, 0.5) is 0 Å². The Labute approximate surface area is 207 Å². The molecular weight excluding hydrogens is 490 g/mol. The minimum absolute atomic E-state index is 0.00874. The summed E-state index contributed by atoms with van der Waals surface area (Å²) in [4.78, 5) is 25.2. The lowest BCUT2D eigenvalue weighted by atomic mass is 10.1. The van der Waals surface area contributed by atoms with Crippen molar-refractivity contribution in [2.24, 2.45) is 0 Å². The van der Waals surface area contributed by atoms with Crippen LogP contribution in [0.3, 0.4) is 0 Å². The fraction of sp³-hybridized carbons (Fsp3) is 0.154. The summed E-state index contributed by atoms with van der Waals surface area (Å²) in [5, 5.41) is 0.735. The first-order valence-corrected chi connectivity index (χ1v) is 12.7. The van der Waals surface area contributed by atoms with Crippen molar-refractivity contribution >= 4 is 38.6 Å². The third-order valence-corrected chi connectivity index (χ3v) is 7.18. The van der Waals surface area contributed by atoms with Crippen LogP contribution in [0, 0.1) is 6.92 Å². The molecule has 4 aromatic rings. The van der Waals surface area contributed by atoms with Gasteiger partial charge in [0.2, 0.25) is 10.0 Å². The molecule has 9 heteroatoms. The van der Waals surface area contributed by atoms with E-state index in [1.165, 1.54) is 24.3 Å². The Morgan fingerprint density at radius 3 is 2.40 bits per heavy atom. The van der Waals surface area contributed by atoms with Crippen LogP contribution in [0.2, 0.25) is 5.02 Å².